The van der Waals surface area contributed by atoms with Crippen molar-refractivity contribution >= 4 is 33.0 Å². The lowest BCUT2D eigenvalue weighted by Crippen LogP contribution is -2.35. The largest absolute Gasteiger partial charge is 0.355 e. The number of carbonyl (C=O) groups is 1. The van der Waals surface area contributed by atoms with Gasteiger partial charge in [0, 0.05) is 18.8 Å². The third-order valence-corrected chi connectivity index (χ3v) is 6.75. The predicted octanol–water partition coefficient (Wildman–Crippen LogP) is 2.55. The third kappa shape index (κ3) is 6.12. The van der Waals surface area contributed by atoms with Crippen LogP contribution in [0.15, 0.2) is 46.0 Å². The average Bonchev–Trinajstić information content (AvgIpc) is 3.16. The summed E-state index contributed by atoms with van der Waals surface area (Å²) in [6, 6.07) is 10.1. The third-order valence-electron chi connectivity index (χ3n) is 3.98. The maximum absolute atomic E-state index is 12.2. The smallest absolute Gasteiger partial charge is 0.271 e. The highest BCUT2D eigenvalue weighted by Crippen LogP contribution is 2.20. The highest BCUT2D eigenvalue weighted by Gasteiger charge is 2.15. The molecule has 0 bridgehead atoms. The van der Waals surface area contributed by atoms with Crippen molar-refractivity contribution in [3.63, 3.8) is 0 Å². The second kappa shape index (κ2) is 9.70. The monoisotopic (exact) mass is 395 g/mol. The maximum Gasteiger partial charge on any atom is 0.271 e. The van der Waals surface area contributed by atoms with E-state index in [-0.39, 0.29) is 16.5 Å². The number of thiophene rings is 1. The summed E-state index contributed by atoms with van der Waals surface area (Å²) in [6.45, 7) is 7.59. The van der Waals surface area contributed by atoms with Crippen LogP contribution in [0.5, 0.6) is 0 Å². The lowest BCUT2D eigenvalue weighted by atomic mass is 10.1. The number of anilines is 1. The van der Waals surface area contributed by atoms with Crippen molar-refractivity contribution in [2.24, 2.45) is 0 Å². The lowest BCUT2D eigenvalue weighted by Gasteiger charge is -2.17. The van der Waals surface area contributed by atoms with Gasteiger partial charge in [-0.25, -0.2) is 8.42 Å². The molecule has 142 valence electrons. The minimum atomic E-state index is -3.55. The molecule has 0 saturated carbocycles. The van der Waals surface area contributed by atoms with Gasteiger partial charge in [0.2, 0.25) is 5.91 Å². The van der Waals surface area contributed by atoms with E-state index in [2.05, 4.69) is 28.8 Å². The number of sulfonamides is 1. The molecule has 2 N–H and O–H groups in total. The first kappa shape index (κ1) is 20.4. The van der Waals surface area contributed by atoms with Gasteiger partial charge in [-0.15, -0.1) is 11.3 Å². The number of rotatable bonds is 10. The Balaban J connectivity index is 1.84. The van der Waals surface area contributed by atoms with Crippen molar-refractivity contribution in [1.29, 1.82) is 0 Å². The average molecular weight is 396 g/mol. The molecule has 26 heavy (non-hydrogen) atoms. The molecule has 0 aliphatic rings. The number of carbonyl (C=O) groups excluding carboxylic acids is 1. The zero-order chi connectivity index (χ0) is 19.0. The molecule has 1 aromatic heterocycles. The number of likely N-dealkylation sites (N-methyl/N-ethyl adjacent to an activating group) is 1. The number of amides is 1. The van der Waals surface area contributed by atoms with Crippen LogP contribution in [0.2, 0.25) is 0 Å². The quantitative estimate of drug-likeness (QED) is 0.648. The van der Waals surface area contributed by atoms with Crippen LogP contribution in [0.4, 0.5) is 5.69 Å². The van der Waals surface area contributed by atoms with Crippen LogP contribution >= 0.6 is 11.3 Å². The van der Waals surface area contributed by atoms with Crippen LogP contribution in [0, 0.1) is 0 Å². The van der Waals surface area contributed by atoms with Gasteiger partial charge in [-0.1, -0.05) is 32.0 Å². The molecule has 0 unspecified atom stereocenters. The van der Waals surface area contributed by atoms with E-state index in [1.807, 2.05) is 0 Å². The van der Waals surface area contributed by atoms with Crippen molar-refractivity contribution < 1.29 is 13.2 Å². The minimum Gasteiger partial charge on any atom is -0.355 e. The summed E-state index contributed by atoms with van der Waals surface area (Å²) in [7, 11) is -3.55. The Morgan fingerprint density at radius 1 is 1.12 bits per heavy atom. The van der Waals surface area contributed by atoms with E-state index in [1.54, 1.807) is 41.8 Å². The van der Waals surface area contributed by atoms with Crippen LogP contribution < -0.4 is 10.0 Å². The van der Waals surface area contributed by atoms with Crippen molar-refractivity contribution in [2.75, 3.05) is 30.9 Å². The minimum absolute atomic E-state index is 0.0379. The number of nitrogens with one attached hydrogen (secondary N) is 2. The van der Waals surface area contributed by atoms with Gasteiger partial charge in [0.15, 0.2) is 0 Å². The van der Waals surface area contributed by atoms with E-state index in [4.69, 9.17) is 0 Å². The SMILES string of the molecule is CCN(CC)CCNC(=O)Cc1ccc(NS(=O)(=O)c2cccs2)cc1. The van der Waals surface area contributed by atoms with Crippen LogP contribution in [0.25, 0.3) is 0 Å². The molecule has 0 atom stereocenters. The second-order valence-electron chi connectivity index (χ2n) is 5.79. The normalized spacial score (nSPS) is 11.5. The maximum atomic E-state index is 12.2. The Morgan fingerprint density at radius 3 is 2.38 bits per heavy atom. The van der Waals surface area contributed by atoms with Gasteiger partial charge >= 0.3 is 0 Å². The highest BCUT2D eigenvalue weighted by molar-refractivity contribution is 7.94. The molecular formula is C18H25N3O3S2. The van der Waals surface area contributed by atoms with E-state index in [1.165, 1.54) is 11.3 Å². The first-order chi connectivity index (χ1) is 12.4. The van der Waals surface area contributed by atoms with Crippen LogP contribution in [-0.2, 0) is 21.2 Å². The number of nitrogens with zero attached hydrogens (tertiary/aromatic N) is 1. The fourth-order valence-electron chi connectivity index (χ4n) is 2.45. The first-order valence-corrected chi connectivity index (χ1v) is 10.9. The summed E-state index contributed by atoms with van der Waals surface area (Å²) < 4.78 is 27.2. The summed E-state index contributed by atoms with van der Waals surface area (Å²) in [5, 5.41) is 4.63. The Hall–Kier alpha value is -1.90. The summed E-state index contributed by atoms with van der Waals surface area (Å²) in [4.78, 5) is 14.2. The molecule has 0 radical (unpaired) electrons. The highest BCUT2D eigenvalue weighted by atomic mass is 32.2. The first-order valence-electron chi connectivity index (χ1n) is 8.59. The summed E-state index contributed by atoms with van der Waals surface area (Å²) in [5.41, 5.74) is 1.31. The van der Waals surface area contributed by atoms with Gasteiger partial charge in [0.25, 0.3) is 10.0 Å². The van der Waals surface area contributed by atoms with E-state index in [9.17, 15) is 13.2 Å². The van der Waals surface area contributed by atoms with Crippen LogP contribution in [0.1, 0.15) is 19.4 Å². The lowest BCUT2D eigenvalue weighted by molar-refractivity contribution is -0.120. The fourth-order valence-corrected chi connectivity index (χ4v) is 4.51. The molecule has 8 heteroatoms. The molecule has 1 aromatic carbocycles. The van der Waals surface area contributed by atoms with Gasteiger partial charge < -0.3 is 10.2 Å². The molecule has 0 saturated heterocycles. The molecule has 0 spiro atoms. The molecular weight excluding hydrogens is 370 g/mol. The zero-order valence-electron chi connectivity index (χ0n) is 15.1. The van der Waals surface area contributed by atoms with Crippen molar-refractivity contribution in [3.8, 4) is 0 Å². The number of benzene rings is 1. The Morgan fingerprint density at radius 2 is 1.81 bits per heavy atom. The van der Waals surface area contributed by atoms with Gasteiger partial charge in [0.05, 0.1) is 6.42 Å². The molecule has 1 heterocycles. The Labute approximate surface area is 159 Å². The molecule has 0 aliphatic heterocycles. The standard InChI is InChI=1S/C18H25N3O3S2/c1-3-21(4-2)12-11-19-17(22)14-15-7-9-16(10-8-15)20-26(23,24)18-6-5-13-25-18/h5-10,13,20H,3-4,11-12,14H2,1-2H3,(H,19,22). The predicted molar refractivity (Wildman–Crippen MR) is 106 cm³/mol. The molecule has 0 fully saturated rings. The Bertz CT molecular complexity index is 784. The van der Waals surface area contributed by atoms with E-state index >= 15 is 0 Å². The van der Waals surface area contributed by atoms with Crippen LogP contribution in [0.3, 0.4) is 0 Å². The van der Waals surface area contributed by atoms with Crippen molar-refractivity contribution in [1.82, 2.24) is 10.2 Å². The number of hydrogen-bond acceptors (Lipinski definition) is 5. The van der Waals surface area contributed by atoms with E-state index < -0.39 is 10.0 Å². The van der Waals surface area contributed by atoms with Gasteiger partial charge in [-0.05, 0) is 42.2 Å². The summed E-state index contributed by atoms with van der Waals surface area (Å²) in [5.74, 6) is -0.0379. The van der Waals surface area contributed by atoms with Crippen molar-refractivity contribution in [2.45, 2.75) is 24.5 Å². The molecule has 2 aromatic rings. The summed E-state index contributed by atoms with van der Waals surface area (Å²) >= 11 is 1.17. The van der Waals surface area contributed by atoms with E-state index in [0.29, 0.717) is 12.2 Å². The van der Waals surface area contributed by atoms with Gasteiger partial charge in [-0.2, -0.15) is 0 Å². The van der Waals surface area contributed by atoms with Crippen LogP contribution in [-0.4, -0.2) is 45.4 Å². The summed E-state index contributed by atoms with van der Waals surface area (Å²) in [6.07, 6.45) is 0.274. The topological polar surface area (TPSA) is 78.5 Å². The molecule has 6 nitrogen and oxygen atoms in total. The van der Waals surface area contributed by atoms with Crippen molar-refractivity contribution in [3.05, 3.63) is 47.3 Å². The van der Waals surface area contributed by atoms with Gasteiger partial charge in [-0.3, -0.25) is 9.52 Å². The van der Waals surface area contributed by atoms with E-state index in [0.717, 1.165) is 25.2 Å². The zero-order valence-corrected chi connectivity index (χ0v) is 16.7. The molecule has 1 amide bonds. The van der Waals surface area contributed by atoms with Gasteiger partial charge in [0.1, 0.15) is 4.21 Å². The second-order valence-corrected chi connectivity index (χ2v) is 8.65. The number of hydrogen-bond donors (Lipinski definition) is 2. The fraction of sp³-hybridized carbons (Fsp3) is 0.389. The molecule has 0 aliphatic carbocycles. The Kier molecular flexibility index (Phi) is 7.62. The molecule has 2 rings (SSSR count).